The van der Waals surface area contributed by atoms with Crippen LogP contribution in [0.3, 0.4) is 0 Å². The zero-order chi connectivity index (χ0) is 19.1. The molecule has 0 aliphatic rings. The smallest absolute Gasteiger partial charge is 0.262 e. The Morgan fingerprint density at radius 1 is 0.926 bits per heavy atom. The van der Waals surface area contributed by atoms with Gasteiger partial charge in [0, 0.05) is 6.21 Å². The first-order valence-corrected chi connectivity index (χ1v) is 8.93. The van der Waals surface area contributed by atoms with Crippen molar-refractivity contribution in [2.75, 3.05) is 11.9 Å². The summed E-state index contributed by atoms with van der Waals surface area (Å²) < 4.78 is 5.50. The maximum atomic E-state index is 12.0. The molecule has 0 heterocycles. The summed E-state index contributed by atoms with van der Waals surface area (Å²) in [6, 6.07) is 21.6. The molecule has 0 bridgehead atoms. The number of carbonyl (C=O) groups is 1. The maximum absolute atomic E-state index is 12.0. The topological polar surface area (TPSA) is 50.7 Å². The van der Waals surface area contributed by atoms with Crippen LogP contribution in [-0.4, -0.2) is 18.7 Å². The number of halogens is 2. The van der Waals surface area contributed by atoms with E-state index < -0.39 is 0 Å². The van der Waals surface area contributed by atoms with E-state index in [1.165, 1.54) is 0 Å². The SMILES string of the molecule is O=C(COc1ccc(C=Nc2ccccc2Cl)cc1)Nc1ccccc1Cl. The fraction of sp³-hybridized carbons (Fsp3) is 0.0476. The van der Waals surface area contributed by atoms with E-state index in [9.17, 15) is 4.79 Å². The van der Waals surface area contributed by atoms with Gasteiger partial charge in [-0.15, -0.1) is 0 Å². The highest BCUT2D eigenvalue weighted by atomic mass is 35.5. The van der Waals surface area contributed by atoms with Gasteiger partial charge in [-0.3, -0.25) is 9.79 Å². The minimum Gasteiger partial charge on any atom is -0.484 e. The van der Waals surface area contributed by atoms with Crippen LogP contribution >= 0.6 is 23.2 Å². The lowest BCUT2D eigenvalue weighted by Crippen LogP contribution is -2.20. The Balaban J connectivity index is 1.54. The van der Waals surface area contributed by atoms with E-state index in [0.29, 0.717) is 27.2 Å². The molecule has 0 aliphatic heterocycles. The molecule has 0 aromatic heterocycles. The van der Waals surface area contributed by atoms with E-state index in [2.05, 4.69) is 10.3 Å². The van der Waals surface area contributed by atoms with E-state index >= 15 is 0 Å². The Kier molecular flexibility index (Phi) is 6.47. The molecular weight excluding hydrogens is 383 g/mol. The first-order valence-electron chi connectivity index (χ1n) is 8.17. The number of hydrogen-bond donors (Lipinski definition) is 1. The van der Waals surface area contributed by atoms with Gasteiger partial charge in [-0.05, 0) is 54.1 Å². The zero-order valence-electron chi connectivity index (χ0n) is 14.2. The second-order valence-electron chi connectivity index (χ2n) is 5.60. The maximum Gasteiger partial charge on any atom is 0.262 e. The Labute approximate surface area is 167 Å². The summed E-state index contributed by atoms with van der Waals surface area (Å²) in [7, 11) is 0. The number of amides is 1. The molecule has 3 aromatic rings. The molecule has 0 spiro atoms. The summed E-state index contributed by atoms with van der Waals surface area (Å²) in [5.41, 5.74) is 2.15. The highest BCUT2D eigenvalue weighted by Crippen LogP contribution is 2.24. The third kappa shape index (κ3) is 5.58. The monoisotopic (exact) mass is 398 g/mol. The second-order valence-corrected chi connectivity index (χ2v) is 6.41. The Hall–Kier alpha value is -2.82. The lowest BCUT2D eigenvalue weighted by molar-refractivity contribution is -0.118. The lowest BCUT2D eigenvalue weighted by Gasteiger charge is -2.08. The summed E-state index contributed by atoms with van der Waals surface area (Å²) in [5.74, 6) is 0.298. The quantitative estimate of drug-likeness (QED) is 0.536. The van der Waals surface area contributed by atoms with Crippen LogP contribution in [0, 0.1) is 0 Å². The highest BCUT2D eigenvalue weighted by molar-refractivity contribution is 6.33. The van der Waals surface area contributed by atoms with Gasteiger partial charge < -0.3 is 10.1 Å². The van der Waals surface area contributed by atoms with Crippen LogP contribution in [-0.2, 0) is 4.79 Å². The number of para-hydroxylation sites is 2. The first-order chi connectivity index (χ1) is 13.1. The minimum absolute atomic E-state index is 0.113. The molecule has 6 heteroatoms. The van der Waals surface area contributed by atoms with Crippen LogP contribution in [0.1, 0.15) is 5.56 Å². The van der Waals surface area contributed by atoms with Crippen molar-refractivity contribution in [1.82, 2.24) is 0 Å². The van der Waals surface area contributed by atoms with Crippen molar-refractivity contribution in [3.8, 4) is 5.75 Å². The van der Waals surface area contributed by atoms with E-state index in [1.54, 1.807) is 48.7 Å². The van der Waals surface area contributed by atoms with Crippen LogP contribution < -0.4 is 10.1 Å². The van der Waals surface area contributed by atoms with Crippen LogP contribution in [0.2, 0.25) is 10.0 Å². The number of hydrogen-bond acceptors (Lipinski definition) is 3. The van der Waals surface area contributed by atoms with Crippen LogP contribution in [0.25, 0.3) is 0 Å². The van der Waals surface area contributed by atoms with Gasteiger partial charge in [-0.2, -0.15) is 0 Å². The summed E-state index contributed by atoms with van der Waals surface area (Å²) in [6.07, 6.45) is 1.72. The third-order valence-corrected chi connectivity index (χ3v) is 4.25. The second kappa shape index (κ2) is 9.21. The predicted molar refractivity (Wildman–Crippen MR) is 111 cm³/mol. The lowest BCUT2D eigenvalue weighted by atomic mass is 10.2. The summed E-state index contributed by atoms with van der Waals surface area (Å²) in [4.78, 5) is 16.3. The Morgan fingerprint density at radius 2 is 1.59 bits per heavy atom. The summed E-state index contributed by atoms with van der Waals surface area (Å²) >= 11 is 12.1. The van der Waals surface area contributed by atoms with Gasteiger partial charge in [0.1, 0.15) is 5.75 Å². The van der Waals surface area contributed by atoms with Gasteiger partial charge in [-0.1, -0.05) is 47.5 Å². The van der Waals surface area contributed by atoms with Crippen LogP contribution in [0.15, 0.2) is 77.8 Å². The Morgan fingerprint density at radius 3 is 2.30 bits per heavy atom. The molecule has 0 saturated carbocycles. The van der Waals surface area contributed by atoms with Crippen molar-refractivity contribution in [1.29, 1.82) is 0 Å². The third-order valence-electron chi connectivity index (χ3n) is 3.60. The molecule has 0 aliphatic carbocycles. The van der Waals surface area contributed by atoms with Crippen molar-refractivity contribution in [3.63, 3.8) is 0 Å². The summed E-state index contributed by atoms with van der Waals surface area (Å²) in [6.45, 7) is -0.113. The molecule has 3 aromatic carbocycles. The molecule has 0 unspecified atom stereocenters. The van der Waals surface area contributed by atoms with E-state index in [-0.39, 0.29) is 12.5 Å². The van der Waals surface area contributed by atoms with Gasteiger partial charge in [0.2, 0.25) is 0 Å². The Bertz CT molecular complexity index is 956. The largest absolute Gasteiger partial charge is 0.484 e. The van der Waals surface area contributed by atoms with Gasteiger partial charge in [0.15, 0.2) is 6.61 Å². The van der Waals surface area contributed by atoms with Crippen molar-refractivity contribution in [2.24, 2.45) is 4.99 Å². The van der Waals surface area contributed by atoms with E-state index in [4.69, 9.17) is 27.9 Å². The van der Waals surface area contributed by atoms with Crippen molar-refractivity contribution in [3.05, 3.63) is 88.4 Å². The van der Waals surface area contributed by atoms with Crippen LogP contribution in [0.5, 0.6) is 5.75 Å². The van der Waals surface area contributed by atoms with Crippen LogP contribution in [0.4, 0.5) is 11.4 Å². The normalized spacial score (nSPS) is 10.7. The molecule has 1 amide bonds. The number of anilines is 1. The number of carbonyl (C=O) groups excluding carboxylic acids is 1. The number of benzene rings is 3. The molecule has 136 valence electrons. The fourth-order valence-electron chi connectivity index (χ4n) is 2.25. The first kappa shape index (κ1) is 19.0. The molecule has 1 N–H and O–H groups in total. The molecule has 4 nitrogen and oxygen atoms in total. The average molecular weight is 399 g/mol. The number of nitrogens with zero attached hydrogens (tertiary/aromatic N) is 1. The van der Waals surface area contributed by atoms with Crippen molar-refractivity contribution < 1.29 is 9.53 Å². The van der Waals surface area contributed by atoms with Gasteiger partial charge >= 0.3 is 0 Å². The zero-order valence-corrected chi connectivity index (χ0v) is 15.7. The summed E-state index contributed by atoms with van der Waals surface area (Å²) in [5, 5.41) is 3.78. The molecule has 0 fully saturated rings. The number of aliphatic imine (C=N–C) groups is 1. The molecule has 27 heavy (non-hydrogen) atoms. The number of ether oxygens (including phenoxy) is 1. The predicted octanol–water partition coefficient (Wildman–Crippen LogP) is 5.76. The molecule has 3 rings (SSSR count). The molecular formula is C21H16Cl2N2O2. The van der Waals surface area contributed by atoms with Gasteiger partial charge in [-0.25, -0.2) is 0 Å². The molecule has 0 radical (unpaired) electrons. The van der Waals surface area contributed by atoms with E-state index in [1.807, 2.05) is 30.3 Å². The number of nitrogens with one attached hydrogen (secondary N) is 1. The van der Waals surface area contributed by atoms with Gasteiger partial charge in [0.25, 0.3) is 5.91 Å². The standard InChI is InChI=1S/C21H16Cl2N2O2/c22-17-5-1-3-7-19(17)24-13-15-9-11-16(12-10-15)27-14-21(26)25-20-8-4-2-6-18(20)23/h1-13H,14H2,(H,25,26). The van der Waals surface area contributed by atoms with Gasteiger partial charge in [0.05, 0.1) is 21.4 Å². The highest BCUT2D eigenvalue weighted by Gasteiger charge is 2.06. The molecule has 0 saturated heterocycles. The van der Waals surface area contributed by atoms with Crippen molar-refractivity contribution >= 4 is 46.7 Å². The minimum atomic E-state index is -0.285. The van der Waals surface area contributed by atoms with E-state index in [0.717, 1.165) is 5.56 Å². The number of rotatable bonds is 6. The molecule has 0 atom stereocenters. The average Bonchev–Trinajstić information content (AvgIpc) is 2.68. The van der Waals surface area contributed by atoms with Crippen molar-refractivity contribution in [2.45, 2.75) is 0 Å². The fourth-order valence-corrected chi connectivity index (χ4v) is 2.62.